The van der Waals surface area contributed by atoms with Crippen LogP contribution in [0.2, 0.25) is 0 Å². The fourth-order valence-corrected chi connectivity index (χ4v) is 4.67. The van der Waals surface area contributed by atoms with E-state index in [1.54, 1.807) is 0 Å². The maximum Gasteiger partial charge on any atom is 0.317 e. The number of carboxylic acids is 1. The zero-order valence-electron chi connectivity index (χ0n) is 15.6. The summed E-state index contributed by atoms with van der Waals surface area (Å²) in [5.41, 5.74) is 1.87. The van der Waals surface area contributed by atoms with E-state index in [-0.39, 0.29) is 18.5 Å². The third-order valence-corrected chi connectivity index (χ3v) is 6.16. The highest BCUT2D eigenvalue weighted by molar-refractivity contribution is 7.20. The van der Waals surface area contributed by atoms with Crippen LogP contribution in [-0.4, -0.2) is 57.3 Å². The minimum atomic E-state index is -0.810. The molecule has 1 aliphatic heterocycles. The van der Waals surface area contributed by atoms with Gasteiger partial charge in [0.25, 0.3) is 5.91 Å². The van der Waals surface area contributed by atoms with Crippen LogP contribution in [0.3, 0.4) is 0 Å². The van der Waals surface area contributed by atoms with Gasteiger partial charge in [-0.15, -0.1) is 11.3 Å². The number of aromatic nitrogens is 2. The number of para-hydroxylation sites is 1. The maximum absolute atomic E-state index is 12.8. The molecular weight excluding hydrogens is 376 g/mol. The molecule has 7 nitrogen and oxygen atoms in total. The van der Waals surface area contributed by atoms with Crippen molar-refractivity contribution in [2.24, 2.45) is 0 Å². The number of carboxylic acid groups (broad SMARTS) is 1. The molecule has 146 valence electrons. The summed E-state index contributed by atoms with van der Waals surface area (Å²) in [6.07, 6.45) is 1.53. The summed E-state index contributed by atoms with van der Waals surface area (Å²) in [5, 5.41) is 17.6. The molecule has 0 radical (unpaired) electrons. The van der Waals surface area contributed by atoms with Gasteiger partial charge in [-0.3, -0.25) is 14.5 Å². The number of thiophene rings is 1. The predicted octanol–water partition coefficient (Wildman–Crippen LogP) is 2.67. The van der Waals surface area contributed by atoms with Crippen molar-refractivity contribution in [1.82, 2.24) is 20.0 Å². The molecule has 4 rings (SSSR count). The van der Waals surface area contributed by atoms with Gasteiger partial charge in [-0.1, -0.05) is 18.2 Å². The van der Waals surface area contributed by atoms with Crippen molar-refractivity contribution in [2.75, 3.05) is 19.6 Å². The summed E-state index contributed by atoms with van der Waals surface area (Å²) in [5.74, 6) is -0.882. The van der Waals surface area contributed by atoms with E-state index < -0.39 is 5.97 Å². The topological polar surface area (TPSA) is 87.5 Å². The molecule has 8 heteroatoms. The molecule has 28 heavy (non-hydrogen) atoms. The van der Waals surface area contributed by atoms with Gasteiger partial charge in [0.15, 0.2) is 0 Å². The number of aliphatic carboxylic acids is 1. The number of benzene rings is 1. The lowest BCUT2D eigenvalue weighted by Gasteiger charge is -2.31. The van der Waals surface area contributed by atoms with Crippen molar-refractivity contribution >= 4 is 33.4 Å². The molecule has 1 aromatic carbocycles. The fraction of sp³-hybridized carbons (Fsp3) is 0.350. The van der Waals surface area contributed by atoms with Gasteiger partial charge in [0.1, 0.15) is 4.83 Å². The Balaban J connectivity index is 1.48. The number of nitrogens with zero attached hydrogens (tertiary/aromatic N) is 3. The van der Waals surface area contributed by atoms with E-state index in [9.17, 15) is 9.59 Å². The molecule has 0 bridgehead atoms. The molecule has 0 unspecified atom stereocenters. The number of nitrogens with one attached hydrogen (secondary N) is 1. The fourth-order valence-electron chi connectivity index (χ4n) is 3.59. The second kappa shape index (κ2) is 7.73. The van der Waals surface area contributed by atoms with Crippen LogP contribution in [0, 0.1) is 6.92 Å². The lowest BCUT2D eigenvalue weighted by molar-refractivity contribution is -0.138. The quantitative estimate of drug-likeness (QED) is 0.690. The van der Waals surface area contributed by atoms with E-state index in [2.05, 4.69) is 10.4 Å². The van der Waals surface area contributed by atoms with Gasteiger partial charge in [0.05, 0.1) is 22.8 Å². The van der Waals surface area contributed by atoms with Crippen LogP contribution >= 0.6 is 11.3 Å². The second-order valence-corrected chi connectivity index (χ2v) is 8.11. The molecule has 1 aliphatic rings. The number of likely N-dealkylation sites (tertiary alicyclic amines) is 1. The normalized spacial score (nSPS) is 15.8. The number of piperidine rings is 1. The summed E-state index contributed by atoms with van der Waals surface area (Å²) in [7, 11) is 0. The first-order chi connectivity index (χ1) is 13.5. The van der Waals surface area contributed by atoms with Gasteiger partial charge in [-0.25, -0.2) is 4.68 Å². The smallest absolute Gasteiger partial charge is 0.317 e. The van der Waals surface area contributed by atoms with Crippen LogP contribution in [0.5, 0.6) is 0 Å². The Hall–Kier alpha value is -2.71. The summed E-state index contributed by atoms with van der Waals surface area (Å²) < 4.78 is 1.89. The zero-order chi connectivity index (χ0) is 19.7. The summed E-state index contributed by atoms with van der Waals surface area (Å²) >= 11 is 1.45. The van der Waals surface area contributed by atoms with Crippen molar-refractivity contribution in [3.05, 3.63) is 47.0 Å². The standard InChI is InChI=1S/C20H22N4O3S/c1-13-16-11-17(28-20(16)24(22-13)15-5-3-2-4-6-15)19(27)21-14-7-9-23(10-8-14)12-18(25)26/h2-6,11,14H,7-10,12H2,1H3,(H,21,27)(H,25,26). The molecule has 3 heterocycles. The van der Waals surface area contributed by atoms with Gasteiger partial charge in [0, 0.05) is 24.5 Å². The van der Waals surface area contributed by atoms with E-state index in [4.69, 9.17) is 5.11 Å². The lowest BCUT2D eigenvalue weighted by Crippen LogP contribution is -2.45. The van der Waals surface area contributed by atoms with Crippen molar-refractivity contribution in [1.29, 1.82) is 0 Å². The van der Waals surface area contributed by atoms with Gasteiger partial charge < -0.3 is 10.4 Å². The Kier molecular flexibility index (Phi) is 5.15. The van der Waals surface area contributed by atoms with E-state index in [0.29, 0.717) is 18.0 Å². The van der Waals surface area contributed by atoms with E-state index in [1.165, 1.54) is 11.3 Å². The molecule has 2 N–H and O–H groups in total. The van der Waals surface area contributed by atoms with Crippen LogP contribution in [0.15, 0.2) is 36.4 Å². The van der Waals surface area contributed by atoms with Gasteiger partial charge in [-0.2, -0.15) is 5.10 Å². The van der Waals surface area contributed by atoms with Crippen LogP contribution in [-0.2, 0) is 4.79 Å². The highest BCUT2D eigenvalue weighted by Gasteiger charge is 2.24. The number of hydrogen-bond acceptors (Lipinski definition) is 5. The zero-order valence-corrected chi connectivity index (χ0v) is 16.4. The van der Waals surface area contributed by atoms with Gasteiger partial charge in [0.2, 0.25) is 0 Å². The van der Waals surface area contributed by atoms with Crippen LogP contribution < -0.4 is 5.32 Å². The summed E-state index contributed by atoms with van der Waals surface area (Å²) in [6, 6.07) is 11.9. The first kappa shape index (κ1) is 18.6. The number of hydrogen-bond donors (Lipinski definition) is 2. The molecular formula is C20H22N4O3S. The average Bonchev–Trinajstić information content (AvgIpc) is 3.24. The van der Waals surface area contributed by atoms with E-state index >= 15 is 0 Å². The summed E-state index contributed by atoms with van der Waals surface area (Å²) in [4.78, 5) is 27.1. The largest absolute Gasteiger partial charge is 0.480 e. The Bertz CT molecular complexity index is 1000. The maximum atomic E-state index is 12.8. The van der Waals surface area contributed by atoms with Crippen LogP contribution in [0.4, 0.5) is 0 Å². The number of carbonyl (C=O) groups is 2. The Labute approximate surface area is 166 Å². The minimum Gasteiger partial charge on any atom is -0.480 e. The lowest BCUT2D eigenvalue weighted by atomic mass is 10.0. The SMILES string of the molecule is Cc1nn(-c2ccccc2)c2sc(C(=O)NC3CCN(CC(=O)O)CC3)cc12. The van der Waals surface area contributed by atoms with Crippen molar-refractivity contribution in [3.63, 3.8) is 0 Å². The van der Waals surface area contributed by atoms with Gasteiger partial charge in [-0.05, 0) is 38.0 Å². The number of carbonyl (C=O) groups excluding carboxylic acids is 1. The highest BCUT2D eigenvalue weighted by Crippen LogP contribution is 2.30. The van der Waals surface area contributed by atoms with Gasteiger partial charge >= 0.3 is 5.97 Å². The third-order valence-electron chi connectivity index (χ3n) is 5.05. The molecule has 2 aromatic heterocycles. The third kappa shape index (κ3) is 3.79. The minimum absolute atomic E-state index is 0.0617. The molecule has 0 atom stereocenters. The molecule has 0 spiro atoms. The molecule has 0 aliphatic carbocycles. The van der Waals surface area contributed by atoms with Crippen LogP contribution in [0.1, 0.15) is 28.2 Å². The molecule has 1 amide bonds. The number of aryl methyl sites for hydroxylation is 1. The number of fused-ring (bicyclic) bond motifs is 1. The first-order valence-electron chi connectivity index (χ1n) is 9.31. The summed E-state index contributed by atoms with van der Waals surface area (Å²) in [6.45, 7) is 3.39. The Morgan fingerprint density at radius 2 is 1.96 bits per heavy atom. The molecule has 0 saturated carbocycles. The van der Waals surface area contributed by atoms with Crippen LogP contribution in [0.25, 0.3) is 15.9 Å². The Morgan fingerprint density at radius 3 is 2.64 bits per heavy atom. The second-order valence-electron chi connectivity index (χ2n) is 7.08. The van der Waals surface area contributed by atoms with Crippen molar-refractivity contribution in [3.8, 4) is 5.69 Å². The van der Waals surface area contributed by atoms with E-state index in [0.717, 1.165) is 34.4 Å². The van der Waals surface area contributed by atoms with E-state index in [1.807, 2.05) is 52.9 Å². The molecule has 1 saturated heterocycles. The predicted molar refractivity (Wildman–Crippen MR) is 108 cm³/mol. The molecule has 3 aromatic rings. The average molecular weight is 398 g/mol. The monoisotopic (exact) mass is 398 g/mol. The number of rotatable bonds is 5. The number of amides is 1. The van der Waals surface area contributed by atoms with Crippen molar-refractivity contribution in [2.45, 2.75) is 25.8 Å². The highest BCUT2D eigenvalue weighted by atomic mass is 32.1. The van der Waals surface area contributed by atoms with Crippen molar-refractivity contribution < 1.29 is 14.7 Å². The Morgan fingerprint density at radius 1 is 1.25 bits per heavy atom. The molecule has 1 fully saturated rings. The first-order valence-corrected chi connectivity index (χ1v) is 10.1.